The molecule has 5 atom stereocenters. The number of benzene rings is 2. The van der Waals surface area contributed by atoms with Gasteiger partial charge in [-0.05, 0) is 24.3 Å². The van der Waals surface area contributed by atoms with Gasteiger partial charge in [0, 0.05) is 17.7 Å². The quantitative estimate of drug-likeness (QED) is 0.191. The third-order valence-corrected chi connectivity index (χ3v) is 5.69. The first-order chi connectivity index (χ1) is 17.3. The van der Waals surface area contributed by atoms with E-state index in [0.717, 1.165) is 6.07 Å². The maximum Gasteiger partial charge on any atom is 0.446 e. The van der Waals surface area contributed by atoms with E-state index < -0.39 is 86.5 Å². The van der Waals surface area contributed by atoms with Crippen molar-refractivity contribution in [1.82, 2.24) is 0 Å². The molecule has 2 aromatic carbocycles. The number of aliphatic hydroxyl groups is 3. The zero-order chi connectivity index (χ0) is 27.2. The number of carboxylic acid groups (broad SMARTS) is 1. The van der Waals surface area contributed by atoms with Crippen LogP contribution in [0.4, 0.5) is 0 Å². The number of phenolic OH excluding ortho intramolecular Hbond substituents is 2. The number of carboxylic acids is 1. The van der Waals surface area contributed by atoms with Crippen molar-refractivity contribution in [3.05, 3.63) is 46.6 Å². The number of hydrogen-bond donors (Lipinski definition) is 7. The van der Waals surface area contributed by atoms with Crippen molar-refractivity contribution in [3.8, 4) is 34.3 Å². The van der Waals surface area contributed by atoms with Gasteiger partial charge in [0.25, 0.3) is 0 Å². The monoisotopic (exact) mass is 542 g/mol. The number of aliphatic hydroxyl groups excluding tert-OH is 3. The van der Waals surface area contributed by atoms with Gasteiger partial charge in [-0.25, -0.2) is 4.79 Å². The van der Waals surface area contributed by atoms with E-state index in [1.807, 2.05) is 0 Å². The number of phenols is 2. The second-order valence-electron chi connectivity index (χ2n) is 7.82. The van der Waals surface area contributed by atoms with E-state index in [-0.39, 0.29) is 11.3 Å². The van der Waals surface area contributed by atoms with Crippen LogP contribution in [0.2, 0.25) is 0 Å². The van der Waals surface area contributed by atoms with E-state index >= 15 is 0 Å². The van der Waals surface area contributed by atoms with Crippen molar-refractivity contribution in [3.63, 3.8) is 0 Å². The van der Waals surface area contributed by atoms with Crippen LogP contribution >= 0.6 is 0 Å². The highest BCUT2D eigenvalue weighted by molar-refractivity contribution is 7.81. The molecule has 16 heteroatoms. The van der Waals surface area contributed by atoms with Crippen molar-refractivity contribution < 1.29 is 66.5 Å². The minimum absolute atomic E-state index is 0.0630. The Hall–Kier alpha value is -3.93. The molecule has 0 amide bonds. The topological polar surface area (TPSA) is 251 Å². The molecule has 0 bridgehead atoms. The van der Waals surface area contributed by atoms with Crippen LogP contribution in [-0.2, 0) is 19.9 Å². The molecule has 2 unspecified atom stereocenters. The van der Waals surface area contributed by atoms with Crippen molar-refractivity contribution >= 4 is 27.3 Å². The minimum atomic E-state index is -5.02. The van der Waals surface area contributed by atoms with Gasteiger partial charge in [-0.2, -0.15) is 8.42 Å². The summed E-state index contributed by atoms with van der Waals surface area (Å²) in [7, 11) is -5.02. The molecule has 1 aliphatic heterocycles. The lowest BCUT2D eigenvalue weighted by Gasteiger charge is -2.38. The molecule has 1 aromatic heterocycles. The van der Waals surface area contributed by atoms with Gasteiger partial charge in [-0.1, -0.05) is 0 Å². The van der Waals surface area contributed by atoms with Gasteiger partial charge in [-0.3, -0.25) is 9.35 Å². The van der Waals surface area contributed by atoms with Crippen LogP contribution in [0.15, 0.2) is 45.6 Å². The van der Waals surface area contributed by atoms with Crippen LogP contribution < -0.4 is 14.3 Å². The van der Waals surface area contributed by atoms with E-state index in [4.69, 9.17) is 18.4 Å². The molecule has 1 aliphatic rings. The predicted octanol–water partition coefficient (Wildman–Crippen LogP) is -0.676. The molecule has 4 rings (SSSR count). The summed E-state index contributed by atoms with van der Waals surface area (Å²) in [6, 6.07) is 6.45. The Morgan fingerprint density at radius 2 is 1.62 bits per heavy atom. The Morgan fingerprint density at radius 1 is 0.973 bits per heavy atom. The summed E-state index contributed by atoms with van der Waals surface area (Å²) >= 11 is 0. The van der Waals surface area contributed by atoms with E-state index in [1.54, 1.807) is 0 Å². The number of aromatic hydroxyl groups is 2. The minimum Gasteiger partial charge on any atom is -0.508 e. The smallest absolute Gasteiger partial charge is 0.446 e. The lowest BCUT2D eigenvalue weighted by atomic mass is 9.99. The summed E-state index contributed by atoms with van der Waals surface area (Å²) in [5, 5.41) is 58.9. The maximum absolute atomic E-state index is 13.4. The molecule has 198 valence electrons. The molecular formula is C21H18O15S. The van der Waals surface area contributed by atoms with Crippen LogP contribution in [-0.4, -0.2) is 80.3 Å². The molecule has 15 nitrogen and oxygen atoms in total. The molecule has 1 fully saturated rings. The van der Waals surface area contributed by atoms with Crippen molar-refractivity contribution in [1.29, 1.82) is 0 Å². The Bertz CT molecular complexity index is 1510. The van der Waals surface area contributed by atoms with Crippen LogP contribution in [0.25, 0.3) is 22.3 Å². The summed E-state index contributed by atoms with van der Waals surface area (Å²) in [5.74, 6) is -4.58. The van der Waals surface area contributed by atoms with E-state index in [9.17, 15) is 48.6 Å². The number of fused-ring (bicyclic) bond motifs is 1. The number of carbonyl (C=O) groups is 1. The number of ether oxygens (including phenoxy) is 2. The lowest BCUT2D eigenvalue weighted by Crippen LogP contribution is -2.61. The zero-order valence-electron chi connectivity index (χ0n) is 18.2. The molecule has 37 heavy (non-hydrogen) atoms. The average molecular weight is 542 g/mol. The van der Waals surface area contributed by atoms with Gasteiger partial charge < -0.3 is 48.7 Å². The summed E-state index contributed by atoms with van der Waals surface area (Å²) < 4.78 is 51.5. The normalized spacial score (nSPS) is 24.1. The fraction of sp³-hybridized carbons (Fsp3) is 0.238. The number of rotatable bonds is 6. The highest BCUT2D eigenvalue weighted by Crippen LogP contribution is 2.38. The first-order valence-corrected chi connectivity index (χ1v) is 11.5. The van der Waals surface area contributed by atoms with Gasteiger partial charge in [0.2, 0.25) is 17.5 Å². The van der Waals surface area contributed by atoms with Crippen LogP contribution in [0.1, 0.15) is 0 Å². The first-order valence-electron chi connectivity index (χ1n) is 10.2. The second-order valence-corrected chi connectivity index (χ2v) is 8.84. The molecule has 3 aromatic rings. The zero-order valence-corrected chi connectivity index (χ0v) is 19.0. The summed E-state index contributed by atoms with van der Waals surface area (Å²) in [6.07, 6.45) is -10.2. The van der Waals surface area contributed by atoms with Gasteiger partial charge in [0.15, 0.2) is 17.6 Å². The Morgan fingerprint density at radius 3 is 2.22 bits per heavy atom. The summed E-state index contributed by atoms with van der Waals surface area (Å²) in [4.78, 5) is 24.8. The molecule has 1 saturated heterocycles. The third kappa shape index (κ3) is 5.15. The highest BCUT2D eigenvalue weighted by atomic mass is 32.3. The van der Waals surface area contributed by atoms with Crippen molar-refractivity contribution in [2.75, 3.05) is 0 Å². The van der Waals surface area contributed by atoms with E-state index in [0.29, 0.717) is 6.07 Å². The lowest BCUT2D eigenvalue weighted by molar-refractivity contribution is -0.271. The standard InChI is InChI=1S/C21H18O15S/c22-8-3-1-7(2-4-8)17-18(34-21-16(27)14(25)15(26)19(35-21)20(28)29)13(24)12-10(23)5-9(6-11(12)33-17)36-37(30,31)32/h1-6,14-16,19,21-23,25-27H,(H,28,29)(H,30,31,32)/t14?,15-,16?,19-,21+/m0/s1. The molecule has 7 N–H and O–H groups in total. The van der Waals surface area contributed by atoms with E-state index in [1.165, 1.54) is 24.3 Å². The Labute approximate surface area is 205 Å². The van der Waals surface area contributed by atoms with Gasteiger partial charge in [-0.15, -0.1) is 0 Å². The predicted molar refractivity (Wildman–Crippen MR) is 118 cm³/mol. The highest BCUT2D eigenvalue weighted by Gasteiger charge is 2.48. The summed E-state index contributed by atoms with van der Waals surface area (Å²) in [6.45, 7) is 0. The largest absolute Gasteiger partial charge is 0.508 e. The fourth-order valence-corrected chi connectivity index (χ4v) is 3.94. The molecule has 0 saturated carbocycles. The van der Waals surface area contributed by atoms with Gasteiger partial charge in [0.1, 0.15) is 40.8 Å². The van der Waals surface area contributed by atoms with Crippen LogP contribution in [0.5, 0.6) is 23.0 Å². The number of hydrogen-bond acceptors (Lipinski definition) is 13. The SMILES string of the molecule is O=C(O)[C@H]1O[C@@H](Oc2c(-c3ccc(O)cc3)oc3cc(OS(=O)(=O)O)cc(O)c3c2=O)C(O)C(O)[C@@H]1O. The molecule has 2 heterocycles. The second kappa shape index (κ2) is 9.51. The first kappa shape index (κ1) is 26.1. The Balaban J connectivity index is 1.90. The van der Waals surface area contributed by atoms with Crippen LogP contribution in [0, 0.1) is 0 Å². The van der Waals surface area contributed by atoms with E-state index in [2.05, 4.69) is 4.18 Å². The number of aliphatic carboxylic acids is 1. The maximum atomic E-state index is 13.4. The third-order valence-electron chi connectivity index (χ3n) is 5.28. The molecule has 0 spiro atoms. The average Bonchev–Trinajstić information content (AvgIpc) is 2.79. The summed E-state index contributed by atoms with van der Waals surface area (Å²) in [5.41, 5.74) is -1.51. The molecular weight excluding hydrogens is 524 g/mol. The van der Waals surface area contributed by atoms with Gasteiger partial charge >= 0.3 is 16.4 Å². The van der Waals surface area contributed by atoms with Crippen molar-refractivity contribution in [2.45, 2.75) is 30.7 Å². The Kier molecular flexibility index (Phi) is 6.72. The molecule has 0 radical (unpaired) electrons. The fourth-order valence-electron chi connectivity index (χ4n) is 3.60. The van der Waals surface area contributed by atoms with Crippen LogP contribution in [0.3, 0.4) is 0 Å². The van der Waals surface area contributed by atoms with Gasteiger partial charge in [0.05, 0.1) is 0 Å². The molecule has 0 aliphatic carbocycles. The van der Waals surface area contributed by atoms with Crippen molar-refractivity contribution in [2.24, 2.45) is 0 Å².